The van der Waals surface area contributed by atoms with Crippen LogP contribution in [0.4, 0.5) is 0 Å². The second-order valence-electron chi connectivity index (χ2n) is 9.85. The van der Waals surface area contributed by atoms with Crippen molar-refractivity contribution in [2.75, 3.05) is 39.5 Å². The third-order valence-corrected chi connectivity index (χ3v) is 7.35. The molecule has 4 aromatic rings. The van der Waals surface area contributed by atoms with E-state index in [2.05, 4.69) is 106 Å². The fourth-order valence-electron chi connectivity index (χ4n) is 5.38. The smallest absolute Gasteiger partial charge is 0.231 e. The van der Waals surface area contributed by atoms with E-state index in [1.165, 1.54) is 5.56 Å². The molecule has 0 spiro atoms. The summed E-state index contributed by atoms with van der Waals surface area (Å²) in [4.78, 5) is 4.96. The molecule has 0 amide bonds. The number of fused-ring (bicyclic) bond motifs is 1. The van der Waals surface area contributed by atoms with E-state index in [-0.39, 0.29) is 12.8 Å². The average Bonchev–Trinajstić information content (AvgIpc) is 3.60. The van der Waals surface area contributed by atoms with E-state index in [4.69, 9.17) is 9.47 Å². The number of hydrogen-bond donors (Lipinski definition) is 0. The van der Waals surface area contributed by atoms with Gasteiger partial charge in [-0.2, -0.15) is 4.68 Å². The number of aromatic nitrogens is 4. The zero-order chi connectivity index (χ0) is 25.9. The minimum Gasteiger partial charge on any atom is -0.454 e. The Bertz CT molecular complexity index is 1410. The maximum absolute atomic E-state index is 5.73. The van der Waals surface area contributed by atoms with Gasteiger partial charge < -0.3 is 9.47 Å². The number of rotatable bonds is 7. The number of ether oxygens (including phenoxy) is 2. The summed E-state index contributed by atoms with van der Waals surface area (Å²) in [6, 6.07) is 22.8. The van der Waals surface area contributed by atoms with Gasteiger partial charge in [0.1, 0.15) is 0 Å². The largest absolute Gasteiger partial charge is 0.454 e. The summed E-state index contributed by atoms with van der Waals surface area (Å²) in [7, 11) is 0. The van der Waals surface area contributed by atoms with Crippen molar-refractivity contribution in [2.24, 2.45) is 0 Å². The van der Waals surface area contributed by atoms with Gasteiger partial charge in [-0.05, 0) is 58.7 Å². The van der Waals surface area contributed by atoms with Crippen molar-refractivity contribution in [3.63, 3.8) is 0 Å². The van der Waals surface area contributed by atoms with Gasteiger partial charge in [-0.25, -0.2) is 0 Å². The van der Waals surface area contributed by atoms with E-state index >= 15 is 0 Å². The number of aryl methyl sites for hydroxylation is 2. The first-order chi connectivity index (χ1) is 18.7. The van der Waals surface area contributed by atoms with Crippen LogP contribution in [0.1, 0.15) is 34.1 Å². The zero-order valence-corrected chi connectivity index (χ0v) is 21.8. The van der Waals surface area contributed by atoms with Crippen LogP contribution in [0.15, 0.2) is 72.8 Å². The lowest BCUT2D eigenvalue weighted by Gasteiger charge is -2.38. The van der Waals surface area contributed by atoms with Crippen molar-refractivity contribution in [3.8, 4) is 17.2 Å². The van der Waals surface area contributed by atoms with Crippen LogP contribution in [0.3, 0.4) is 0 Å². The van der Waals surface area contributed by atoms with Crippen LogP contribution in [-0.4, -0.2) is 69.5 Å². The van der Waals surface area contributed by atoms with Gasteiger partial charge >= 0.3 is 0 Å². The Hall–Kier alpha value is -4.01. The molecule has 2 aliphatic rings. The normalized spacial score (nSPS) is 16.8. The molecule has 1 aromatic heterocycles. The Balaban J connectivity index is 1.28. The third-order valence-electron chi connectivity index (χ3n) is 7.35. The molecule has 0 radical (unpaired) electrons. The van der Waals surface area contributed by atoms with Crippen molar-refractivity contribution in [1.29, 1.82) is 0 Å². The molecule has 38 heavy (non-hydrogen) atoms. The van der Waals surface area contributed by atoms with Crippen molar-refractivity contribution in [1.82, 2.24) is 30.0 Å². The number of benzene rings is 3. The van der Waals surface area contributed by atoms with Crippen molar-refractivity contribution >= 4 is 6.08 Å². The van der Waals surface area contributed by atoms with Crippen molar-refractivity contribution < 1.29 is 9.47 Å². The Morgan fingerprint density at radius 1 is 0.868 bits per heavy atom. The lowest BCUT2D eigenvalue weighted by atomic mass is 10.0. The maximum Gasteiger partial charge on any atom is 0.231 e. The van der Waals surface area contributed by atoms with E-state index in [1.54, 1.807) is 0 Å². The number of tetrazole rings is 1. The molecule has 8 heteroatoms. The van der Waals surface area contributed by atoms with E-state index < -0.39 is 0 Å². The van der Waals surface area contributed by atoms with Crippen molar-refractivity contribution in [2.45, 2.75) is 19.9 Å². The van der Waals surface area contributed by atoms with Gasteiger partial charge in [0.05, 0.1) is 11.7 Å². The Labute approximate surface area is 223 Å². The molecule has 194 valence electrons. The summed E-state index contributed by atoms with van der Waals surface area (Å²) in [6.45, 7) is 9.11. The van der Waals surface area contributed by atoms with Gasteiger partial charge in [0.2, 0.25) is 6.79 Å². The first kappa shape index (κ1) is 24.3. The van der Waals surface area contributed by atoms with E-state index in [0.717, 1.165) is 72.4 Å². The van der Waals surface area contributed by atoms with Crippen LogP contribution in [0.2, 0.25) is 0 Å². The second-order valence-corrected chi connectivity index (χ2v) is 9.85. The SMILES string of the molecule is Cc1cccc(C)c1-n1nnnc1[C@@H](c1ccc2c(c1)OCO2)N1CCN(CC=Cc2ccccc2)CC1. The fraction of sp³-hybridized carbons (Fsp3) is 0.300. The summed E-state index contributed by atoms with van der Waals surface area (Å²) in [6.07, 6.45) is 4.45. The highest BCUT2D eigenvalue weighted by atomic mass is 16.7. The fourth-order valence-corrected chi connectivity index (χ4v) is 5.38. The lowest BCUT2D eigenvalue weighted by molar-refractivity contribution is 0.113. The molecule has 0 aliphatic carbocycles. The highest BCUT2D eigenvalue weighted by Crippen LogP contribution is 2.38. The van der Waals surface area contributed by atoms with Crippen molar-refractivity contribution in [3.05, 3.63) is 101 Å². The summed E-state index contributed by atoms with van der Waals surface area (Å²) >= 11 is 0. The highest BCUT2D eigenvalue weighted by molar-refractivity contribution is 5.50. The zero-order valence-electron chi connectivity index (χ0n) is 21.8. The number of para-hydroxylation sites is 1. The van der Waals surface area contributed by atoms with Gasteiger partial charge in [-0.15, -0.1) is 5.10 Å². The van der Waals surface area contributed by atoms with E-state index in [9.17, 15) is 0 Å². The molecule has 0 bridgehead atoms. The highest BCUT2D eigenvalue weighted by Gasteiger charge is 2.32. The van der Waals surface area contributed by atoms with Gasteiger partial charge in [0.25, 0.3) is 0 Å². The van der Waals surface area contributed by atoms with Crippen LogP contribution in [-0.2, 0) is 0 Å². The van der Waals surface area contributed by atoms with E-state index in [0.29, 0.717) is 0 Å². The summed E-state index contributed by atoms with van der Waals surface area (Å²) in [5.74, 6) is 2.35. The topological polar surface area (TPSA) is 68.5 Å². The lowest BCUT2D eigenvalue weighted by Crippen LogP contribution is -2.48. The minimum atomic E-state index is -0.125. The maximum atomic E-state index is 5.73. The van der Waals surface area contributed by atoms with Crippen LogP contribution >= 0.6 is 0 Å². The third kappa shape index (κ3) is 4.92. The summed E-state index contributed by atoms with van der Waals surface area (Å²) in [5, 5.41) is 13.2. The molecule has 1 fully saturated rings. The molecule has 8 nitrogen and oxygen atoms in total. The number of piperazine rings is 1. The first-order valence-electron chi connectivity index (χ1n) is 13.1. The molecule has 0 saturated carbocycles. The molecular formula is C30H32N6O2. The molecule has 2 aliphatic heterocycles. The van der Waals surface area contributed by atoms with Gasteiger partial charge in [-0.1, -0.05) is 66.7 Å². The molecule has 3 heterocycles. The van der Waals surface area contributed by atoms with Crippen LogP contribution in [0, 0.1) is 13.8 Å². The molecule has 0 N–H and O–H groups in total. The monoisotopic (exact) mass is 508 g/mol. The van der Waals surface area contributed by atoms with Gasteiger partial charge in [-0.3, -0.25) is 9.80 Å². The average molecular weight is 509 g/mol. The second kappa shape index (κ2) is 10.8. The number of hydrogen-bond acceptors (Lipinski definition) is 7. The Kier molecular flexibility index (Phi) is 6.90. The van der Waals surface area contributed by atoms with Crippen LogP contribution in [0.25, 0.3) is 11.8 Å². The summed E-state index contributed by atoms with van der Waals surface area (Å²) < 4.78 is 13.2. The predicted molar refractivity (Wildman–Crippen MR) is 147 cm³/mol. The van der Waals surface area contributed by atoms with Gasteiger partial charge in [0.15, 0.2) is 17.3 Å². The molecule has 0 unspecified atom stereocenters. The quantitative estimate of drug-likeness (QED) is 0.366. The molecule has 3 aromatic carbocycles. The summed E-state index contributed by atoms with van der Waals surface area (Å²) in [5.41, 5.74) is 5.63. The first-order valence-corrected chi connectivity index (χ1v) is 13.1. The standard InChI is InChI=1S/C30H32N6O2/c1-22-8-6-9-23(2)28(22)36-30(31-32-33-36)29(25-13-14-26-27(20-25)38-21-37-26)35-18-16-34(17-19-35)15-7-12-24-10-4-3-5-11-24/h3-14,20,29H,15-19,21H2,1-2H3/t29-/m1/s1. The molecular weight excluding hydrogens is 476 g/mol. The Morgan fingerprint density at radius 2 is 1.63 bits per heavy atom. The number of nitrogens with zero attached hydrogens (tertiary/aromatic N) is 6. The molecule has 6 rings (SSSR count). The molecule has 1 saturated heterocycles. The Morgan fingerprint density at radius 3 is 2.42 bits per heavy atom. The van der Waals surface area contributed by atoms with Crippen LogP contribution in [0.5, 0.6) is 11.5 Å². The van der Waals surface area contributed by atoms with Gasteiger partial charge in [0, 0.05) is 32.7 Å². The van der Waals surface area contributed by atoms with Crippen LogP contribution < -0.4 is 9.47 Å². The van der Waals surface area contributed by atoms with E-state index in [1.807, 2.05) is 16.8 Å². The minimum absolute atomic E-state index is 0.125. The molecule has 1 atom stereocenters. The predicted octanol–water partition coefficient (Wildman–Crippen LogP) is 4.43.